The number of H-pyrrole nitrogens is 1. The van der Waals surface area contributed by atoms with Crippen molar-refractivity contribution in [3.05, 3.63) is 88.7 Å². The standard InChI is InChI=1S/C24H22F3N5OS/c1-15(24(33,12-32-14-28-13-29-32)19-7-6-18(26)10-20(19)27)31-9-8-21-22(11-31)34-23(30-21)16-2-4-17(25)5-3-16/h2-7,10,13-15,33H,8-9,11-12H2,1H3/p+1/t15-,24-/m1/s1. The topological polar surface area (TPSA) is 68.9 Å². The minimum Gasteiger partial charge on any atom is -0.379 e. The van der Waals surface area contributed by atoms with E-state index in [-0.39, 0.29) is 17.9 Å². The minimum atomic E-state index is -1.67. The molecule has 2 N–H and O–H groups in total. The summed E-state index contributed by atoms with van der Waals surface area (Å²) in [6.45, 7) is 2.98. The molecule has 0 fully saturated rings. The fraction of sp³-hybridized carbons (Fsp3) is 0.292. The smallest absolute Gasteiger partial charge is 0.306 e. The van der Waals surface area contributed by atoms with Crippen LogP contribution in [0.5, 0.6) is 0 Å². The Kier molecular flexibility index (Phi) is 5.97. The second kappa shape index (κ2) is 8.94. The highest BCUT2D eigenvalue weighted by atomic mass is 32.1. The lowest BCUT2D eigenvalue weighted by Crippen LogP contribution is -2.58. The van der Waals surface area contributed by atoms with E-state index in [0.29, 0.717) is 19.5 Å². The van der Waals surface area contributed by atoms with Gasteiger partial charge in [-0.2, -0.15) is 9.78 Å². The van der Waals surface area contributed by atoms with Gasteiger partial charge in [-0.1, -0.05) is 6.07 Å². The molecule has 0 radical (unpaired) electrons. The first-order chi connectivity index (χ1) is 16.3. The number of hydrogen-bond acceptors (Lipinski definition) is 5. The molecule has 2 aromatic heterocycles. The second-order valence-electron chi connectivity index (χ2n) is 8.49. The van der Waals surface area contributed by atoms with Gasteiger partial charge in [0.05, 0.1) is 5.69 Å². The molecule has 0 amide bonds. The van der Waals surface area contributed by atoms with E-state index in [1.807, 2.05) is 6.92 Å². The van der Waals surface area contributed by atoms with Crippen LogP contribution in [0, 0.1) is 17.5 Å². The third-order valence-corrected chi connectivity index (χ3v) is 7.54. The molecule has 2 aromatic carbocycles. The predicted octanol–water partition coefficient (Wildman–Crippen LogP) is 3.57. The van der Waals surface area contributed by atoms with Crippen LogP contribution in [0.25, 0.3) is 10.6 Å². The number of aromatic nitrogens is 4. The Morgan fingerprint density at radius 2 is 1.94 bits per heavy atom. The molecule has 0 saturated carbocycles. The Labute approximate surface area is 198 Å². The number of fused-ring (bicyclic) bond motifs is 1. The summed E-state index contributed by atoms with van der Waals surface area (Å²) in [6, 6.07) is 8.95. The van der Waals surface area contributed by atoms with E-state index in [1.165, 1.54) is 42.2 Å². The van der Waals surface area contributed by atoms with Crippen molar-refractivity contribution < 1.29 is 23.0 Å². The van der Waals surface area contributed by atoms with Gasteiger partial charge < -0.3 is 5.11 Å². The van der Waals surface area contributed by atoms with Gasteiger partial charge in [0.1, 0.15) is 34.6 Å². The zero-order chi connectivity index (χ0) is 23.9. The number of nitrogens with zero attached hydrogens (tertiary/aromatic N) is 4. The predicted molar refractivity (Wildman–Crippen MR) is 120 cm³/mol. The van der Waals surface area contributed by atoms with Crippen LogP contribution in [-0.4, -0.2) is 37.7 Å². The normalized spacial score (nSPS) is 16.7. The van der Waals surface area contributed by atoms with E-state index < -0.39 is 23.3 Å². The molecule has 2 atom stereocenters. The molecule has 10 heteroatoms. The Hall–Kier alpha value is -3.08. The van der Waals surface area contributed by atoms with Gasteiger partial charge in [-0.3, -0.25) is 4.90 Å². The maximum Gasteiger partial charge on any atom is 0.306 e. The Balaban J connectivity index is 1.45. The van der Waals surface area contributed by atoms with Gasteiger partial charge in [0.15, 0.2) is 0 Å². The molecule has 0 bridgehead atoms. The lowest BCUT2D eigenvalue weighted by atomic mass is 9.85. The number of benzene rings is 2. The largest absolute Gasteiger partial charge is 0.379 e. The molecule has 0 saturated heterocycles. The van der Waals surface area contributed by atoms with E-state index in [4.69, 9.17) is 4.98 Å². The quantitative estimate of drug-likeness (QED) is 0.409. The van der Waals surface area contributed by atoms with E-state index in [2.05, 4.69) is 15.0 Å². The highest BCUT2D eigenvalue weighted by Crippen LogP contribution is 2.36. The van der Waals surface area contributed by atoms with Crippen LogP contribution >= 0.6 is 11.3 Å². The Morgan fingerprint density at radius 3 is 2.65 bits per heavy atom. The Morgan fingerprint density at radius 1 is 1.18 bits per heavy atom. The average molecular weight is 487 g/mol. The minimum absolute atomic E-state index is 0.00357. The molecule has 3 heterocycles. The molecule has 176 valence electrons. The SMILES string of the molecule is C[C@@H](N1CCc2nc(-c3ccc(F)cc3)sc2C1)[C@](O)(C[n+]1cnc[nH]1)c1ccc(F)cc1F. The van der Waals surface area contributed by atoms with Crippen molar-refractivity contribution in [2.75, 3.05) is 6.54 Å². The molecule has 0 unspecified atom stereocenters. The van der Waals surface area contributed by atoms with Gasteiger partial charge >= 0.3 is 6.33 Å². The van der Waals surface area contributed by atoms with E-state index in [9.17, 15) is 18.3 Å². The highest BCUT2D eigenvalue weighted by molar-refractivity contribution is 7.15. The first-order valence-corrected chi connectivity index (χ1v) is 11.7. The van der Waals surface area contributed by atoms with Gasteiger partial charge in [0.25, 0.3) is 0 Å². The van der Waals surface area contributed by atoms with Crippen LogP contribution in [0.15, 0.2) is 55.1 Å². The molecule has 4 aromatic rings. The molecule has 0 spiro atoms. The average Bonchev–Trinajstić information content (AvgIpc) is 3.48. The van der Waals surface area contributed by atoms with Crippen LogP contribution in [0.2, 0.25) is 0 Å². The summed E-state index contributed by atoms with van der Waals surface area (Å²) < 4.78 is 43.4. The van der Waals surface area contributed by atoms with Crippen LogP contribution in [0.4, 0.5) is 13.2 Å². The molecule has 1 aliphatic rings. The van der Waals surface area contributed by atoms with Crippen molar-refractivity contribution in [2.24, 2.45) is 0 Å². The second-order valence-corrected chi connectivity index (χ2v) is 9.57. The summed E-state index contributed by atoms with van der Waals surface area (Å²) in [5, 5.41) is 15.6. The Bertz CT molecular complexity index is 1290. The van der Waals surface area contributed by atoms with E-state index in [0.717, 1.165) is 33.3 Å². The van der Waals surface area contributed by atoms with E-state index in [1.54, 1.807) is 16.8 Å². The van der Waals surface area contributed by atoms with Gasteiger partial charge in [0, 0.05) is 47.6 Å². The number of nitrogens with one attached hydrogen (secondary N) is 1. The van der Waals surface area contributed by atoms with Crippen LogP contribution in [0.1, 0.15) is 23.1 Å². The number of aliphatic hydroxyl groups is 1. The lowest BCUT2D eigenvalue weighted by molar-refractivity contribution is -0.765. The summed E-state index contributed by atoms with van der Waals surface area (Å²) in [7, 11) is 0. The molecule has 1 aliphatic heterocycles. The first kappa shape index (κ1) is 22.7. The number of aromatic amines is 1. The third-order valence-electron chi connectivity index (χ3n) is 6.40. The summed E-state index contributed by atoms with van der Waals surface area (Å²) >= 11 is 1.53. The van der Waals surface area contributed by atoms with Gasteiger partial charge in [-0.25, -0.2) is 18.2 Å². The summed E-state index contributed by atoms with van der Waals surface area (Å²) in [6.07, 6.45) is 3.63. The molecule has 0 aliphatic carbocycles. The zero-order valence-corrected chi connectivity index (χ0v) is 19.2. The molecular formula is C24H23F3N5OS+. The monoisotopic (exact) mass is 486 g/mol. The number of halogens is 3. The first-order valence-electron chi connectivity index (χ1n) is 10.9. The van der Waals surface area contributed by atoms with Gasteiger partial charge in [-0.15, -0.1) is 11.3 Å². The van der Waals surface area contributed by atoms with Crippen molar-refractivity contribution in [3.63, 3.8) is 0 Å². The maximum atomic E-state index is 14.9. The fourth-order valence-corrected chi connectivity index (χ4v) is 5.59. The maximum absolute atomic E-state index is 14.9. The van der Waals surface area contributed by atoms with Crippen LogP contribution in [-0.2, 0) is 25.1 Å². The zero-order valence-electron chi connectivity index (χ0n) is 18.4. The lowest BCUT2D eigenvalue weighted by Gasteiger charge is -2.41. The van der Waals surface area contributed by atoms with Gasteiger partial charge in [0.2, 0.25) is 6.33 Å². The summed E-state index contributed by atoms with van der Waals surface area (Å²) in [4.78, 5) is 11.8. The molecule has 5 rings (SSSR count). The van der Waals surface area contributed by atoms with Gasteiger partial charge in [-0.05, 0) is 42.2 Å². The number of rotatable bonds is 6. The molecular weight excluding hydrogens is 463 g/mol. The molecule has 6 nitrogen and oxygen atoms in total. The van der Waals surface area contributed by atoms with Crippen molar-refractivity contribution in [3.8, 4) is 10.6 Å². The van der Waals surface area contributed by atoms with Crippen molar-refractivity contribution >= 4 is 11.3 Å². The number of thiazole rings is 1. The van der Waals surface area contributed by atoms with Crippen molar-refractivity contribution in [1.82, 2.24) is 20.0 Å². The van der Waals surface area contributed by atoms with Crippen LogP contribution < -0.4 is 4.68 Å². The fourth-order valence-electron chi connectivity index (χ4n) is 4.45. The summed E-state index contributed by atoms with van der Waals surface area (Å²) in [5.74, 6) is -1.80. The van der Waals surface area contributed by atoms with Crippen molar-refractivity contribution in [2.45, 2.75) is 38.1 Å². The highest BCUT2D eigenvalue weighted by Gasteiger charge is 2.44. The van der Waals surface area contributed by atoms with E-state index >= 15 is 0 Å². The summed E-state index contributed by atoms with van der Waals surface area (Å²) in [5.41, 5.74) is 0.176. The third kappa shape index (κ3) is 4.24. The number of hydrogen-bond donors (Lipinski definition) is 2. The molecule has 34 heavy (non-hydrogen) atoms. The van der Waals surface area contributed by atoms with Crippen LogP contribution in [0.3, 0.4) is 0 Å². The van der Waals surface area contributed by atoms with Crippen molar-refractivity contribution in [1.29, 1.82) is 0 Å².